The van der Waals surface area contributed by atoms with Gasteiger partial charge in [-0.05, 0) is 24.1 Å². The minimum Gasteiger partial charge on any atom is -0.351 e. The van der Waals surface area contributed by atoms with Gasteiger partial charge < -0.3 is 10.2 Å². The molecule has 2 aromatic carbocycles. The van der Waals surface area contributed by atoms with E-state index in [9.17, 15) is 4.79 Å². The van der Waals surface area contributed by atoms with Gasteiger partial charge in [0.2, 0.25) is 0 Å². The fraction of sp³-hybridized carbons (Fsp3) is 0.278. The van der Waals surface area contributed by atoms with Crippen molar-refractivity contribution < 1.29 is 9.69 Å². The topological polar surface area (TPSA) is 33.5 Å². The number of quaternary nitrogens is 1. The molecule has 0 fully saturated rings. The Kier molecular flexibility index (Phi) is 6.90. The summed E-state index contributed by atoms with van der Waals surface area (Å²) in [5, 5.41) is 4.05. The molecule has 2 aromatic rings. The maximum atomic E-state index is 12.0. The average Bonchev–Trinajstić information content (AvgIpc) is 2.52. The van der Waals surface area contributed by atoms with Gasteiger partial charge in [-0.15, -0.1) is 0 Å². The Morgan fingerprint density at radius 1 is 1.04 bits per heavy atom. The highest BCUT2D eigenvalue weighted by Gasteiger charge is 2.11. The number of hydrogen-bond donors (Lipinski definition) is 2. The van der Waals surface area contributed by atoms with Crippen LogP contribution in [-0.2, 0) is 17.8 Å². The third-order valence-corrected chi connectivity index (χ3v) is 4.27. The zero-order valence-electron chi connectivity index (χ0n) is 13.1. The molecule has 122 valence electrons. The normalized spacial score (nSPS) is 12.0. The molecule has 1 atom stereocenters. The van der Waals surface area contributed by atoms with Crippen molar-refractivity contribution in [2.45, 2.75) is 13.0 Å². The van der Waals surface area contributed by atoms with Gasteiger partial charge in [-0.3, -0.25) is 4.79 Å². The summed E-state index contributed by atoms with van der Waals surface area (Å²) in [5.41, 5.74) is 2.29. The molecule has 2 rings (SSSR count). The zero-order chi connectivity index (χ0) is 16.7. The molecule has 0 aliphatic carbocycles. The Morgan fingerprint density at radius 2 is 1.78 bits per heavy atom. The van der Waals surface area contributed by atoms with Gasteiger partial charge in [-0.1, -0.05) is 59.6 Å². The van der Waals surface area contributed by atoms with Crippen LogP contribution >= 0.6 is 23.2 Å². The third kappa shape index (κ3) is 6.22. The van der Waals surface area contributed by atoms with Gasteiger partial charge in [0, 0.05) is 12.1 Å². The molecule has 2 N–H and O–H groups in total. The molecular formula is C18H21Cl2N2O+. The molecule has 1 unspecified atom stereocenters. The first kappa shape index (κ1) is 17.8. The number of benzene rings is 2. The number of hydrogen-bond acceptors (Lipinski definition) is 1. The molecule has 0 aliphatic rings. The van der Waals surface area contributed by atoms with E-state index in [0.29, 0.717) is 23.1 Å². The van der Waals surface area contributed by atoms with E-state index in [-0.39, 0.29) is 5.91 Å². The maximum Gasteiger partial charge on any atom is 0.275 e. The Morgan fingerprint density at radius 3 is 2.48 bits per heavy atom. The monoisotopic (exact) mass is 351 g/mol. The first-order chi connectivity index (χ1) is 11.0. The van der Waals surface area contributed by atoms with Crippen molar-refractivity contribution >= 4 is 29.1 Å². The summed E-state index contributed by atoms with van der Waals surface area (Å²) in [6.45, 7) is 1.81. The molecule has 23 heavy (non-hydrogen) atoms. The third-order valence-electron chi connectivity index (χ3n) is 3.53. The van der Waals surface area contributed by atoms with Crippen LogP contribution < -0.4 is 10.2 Å². The highest BCUT2D eigenvalue weighted by atomic mass is 35.5. The van der Waals surface area contributed by atoms with Gasteiger partial charge in [0.25, 0.3) is 5.91 Å². The fourth-order valence-corrected chi connectivity index (χ4v) is 2.71. The van der Waals surface area contributed by atoms with E-state index in [2.05, 4.69) is 17.4 Å². The number of halogens is 2. The predicted octanol–water partition coefficient (Wildman–Crippen LogP) is 2.37. The van der Waals surface area contributed by atoms with Crippen LogP contribution in [0.2, 0.25) is 10.0 Å². The minimum absolute atomic E-state index is 0.0542. The highest BCUT2D eigenvalue weighted by Crippen LogP contribution is 2.22. The van der Waals surface area contributed by atoms with Crippen LogP contribution in [0.25, 0.3) is 0 Å². The summed E-state index contributed by atoms with van der Waals surface area (Å²) in [5.74, 6) is 0.0542. The quantitative estimate of drug-likeness (QED) is 0.788. The minimum atomic E-state index is 0.0542. The van der Waals surface area contributed by atoms with Crippen LogP contribution in [0.4, 0.5) is 0 Å². The van der Waals surface area contributed by atoms with E-state index in [0.717, 1.165) is 23.4 Å². The Hall–Kier alpha value is -1.55. The van der Waals surface area contributed by atoms with E-state index in [1.54, 1.807) is 6.07 Å². The Bertz CT molecular complexity index is 647. The van der Waals surface area contributed by atoms with Gasteiger partial charge in [0.05, 0.1) is 17.1 Å². The van der Waals surface area contributed by atoms with Crippen molar-refractivity contribution in [3.63, 3.8) is 0 Å². The number of carbonyl (C=O) groups excluding carboxylic acids is 1. The summed E-state index contributed by atoms with van der Waals surface area (Å²) in [6.07, 6.45) is 0.846. The van der Waals surface area contributed by atoms with Crippen LogP contribution in [0.5, 0.6) is 0 Å². The van der Waals surface area contributed by atoms with Crippen molar-refractivity contribution in [3.05, 3.63) is 69.7 Å². The second-order valence-electron chi connectivity index (χ2n) is 5.64. The van der Waals surface area contributed by atoms with E-state index >= 15 is 0 Å². The highest BCUT2D eigenvalue weighted by molar-refractivity contribution is 6.42. The van der Waals surface area contributed by atoms with E-state index in [1.807, 2.05) is 37.4 Å². The van der Waals surface area contributed by atoms with E-state index in [4.69, 9.17) is 23.2 Å². The van der Waals surface area contributed by atoms with Crippen molar-refractivity contribution in [1.82, 2.24) is 5.32 Å². The van der Waals surface area contributed by atoms with Crippen LogP contribution in [0.15, 0.2) is 48.5 Å². The molecule has 0 aromatic heterocycles. The summed E-state index contributed by atoms with van der Waals surface area (Å²) in [6, 6.07) is 15.7. The summed E-state index contributed by atoms with van der Waals surface area (Å²) < 4.78 is 0. The molecule has 0 saturated heterocycles. The SMILES string of the molecule is C[NH+](CC(=O)NCCc1ccccc1)Cc1ccc(Cl)c(Cl)c1. The first-order valence-electron chi connectivity index (χ1n) is 7.60. The Balaban J connectivity index is 1.72. The van der Waals surface area contributed by atoms with Gasteiger partial charge in [0.15, 0.2) is 6.54 Å². The van der Waals surface area contributed by atoms with Crippen LogP contribution in [0.3, 0.4) is 0 Å². The lowest BCUT2D eigenvalue weighted by Gasteiger charge is -2.14. The van der Waals surface area contributed by atoms with Crippen LogP contribution in [0.1, 0.15) is 11.1 Å². The lowest BCUT2D eigenvalue weighted by Crippen LogP contribution is -3.08. The van der Waals surface area contributed by atoms with E-state index in [1.165, 1.54) is 5.56 Å². The van der Waals surface area contributed by atoms with Crippen molar-refractivity contribution in [2.75, 3.05) is 20.1 Å². The van der Waals surface area contributed by atoms with Crippen LogP contribution in [-0.4, -0.2) is 26.0 Å². The van der Waals surface area contributed by atoms with Crippen molar-refractivity contribution in [1.29, 1.82) is 0 Å². The van der Waals surface area contributed by atoms with Crippen molar-refractivity contribution in [3.8, 4) is 0 Å². The molecule has 0 aliphatic heterocycles. The molecular weight excluding hydrogens is 331 g/mol. The summed E-state index contributed by atoms with van der Waals surface area (Å²) in [7, 11) is 1.99. The predicted molar refractivity (Wildman–Crippen MR) is 95.1 cm³/mol. The molecule has 0 saturated carbocycles. The average molecular weight is 352 g/mol. The lowest BCUT2D eigenvalue weighted by atomic mass is 10.1. The van der Waals surface area contributed by atoms with Gasteiger partial charge in [0.1, 0.15) is 6.54 Å². The molecule has 0 radical (unpaired) electrons. The van der Waals surface area contributed by atoms with Gasteiger partial charge >= 0.3 is 0 Å². The standard InChI is InChI=1S/C18H20Cl2N2O/c1-22(12-15-7-8-16(19)17(20)11-15)13-18(23)21-10-9-14-5-3-2-4-6-14/h2-8,11H,9-10,12-13H2,1H3,(H,21,23)/p+1. The second kappa shape index (κ2) is 8.92. The molecule has 5 heteroatoms. The molecule has 0 bridgehead atoms. The summed E-state index contributed by atoms with van der Waals surface area (Å²) >= 11 is 11.9. The maximum absolute atomic E-state index is 12.0. The summed E-state index contributed by atoms with van der Waals surface area (Å²) in [4.78, 5) is 13.1. The van der Waals surface area contributed by atoms with Crippen molar-refractivity contribution in [2.24, 2.45) is 0 Å². The zero-order valence-corrected chi connectivity index (χ0v) is 14.6. The fourth-order valence-electron chi connectivity index (χ4n) is 2.39. The molecule has 0 spiro atoms. The van der Waals surface area contributed by atoms with E-state index < -0.39 is 0 Å². The Labute approximate surface area is 147 Å². The number of nitrogens with one attached hydrogen (secondary N) is 2. The molecule has 0 heterocycles. The second-order valence-corrected chi connectivity index (χ2v) is 6.46. The number of likely N-dealkylation sites (N-methyl/N-ethyl adjacent to an activating group) is 1. The first-order valence-corrected chi connectivity index (χ1v) is 8.36. The molecule has 1 amide bonds. The van der Waals surface area contributed by atoms with Crippen LogP contribution in [0, 0.1) is 0 Å². The number of carbonyl (C=O) groups is 1. The largest absolute Gasteiger partial charge is 0.351 e. The smallest absolute Gasteiger partial charge is 0.275 e. The number of amides is 1. The number of rotatable bonds is 7. The lowest BCUT2D eigenvalue weighted by molar-refractivity contribution is -0.885. The van der Waals surface area contributed by atoms with Gasteiger partial charge in [-0.2, -0.15) is 0 Å². The van der Waals surface area contributed by atoms with Gasteiger partial charge in [-0.25, -0.2) is 0 Å². The molecule has 3 nitrogen and oxygen atoms in total.